The molecule has 3 N–H and O–H groups in total. The van der Waals surface area contributed by atoms with Crippen LogP contribution in [0, 0.1) is 10.1 Å². The van der Waals surface area contributed by atoms with Crippen molar-refractivity contribution in [1.29, 1.82) is 0 Å². The summed E-state index contributed by atoms with van der Waals surface area (Å²) < 4.78 is 0. The summed E-state index contributed by atoms with van der Waals surface area (Å²) in [5.41, 5.74) is 5.42. The van der Waals surface area contributed by atoms with Crippen molar-refractivity contribution in [3.8, 4) is 0 Å². The molecule has 0 saturated heterocycles. The van der Waals surface area contributed by atoms with E-state index < -0.39 is 10.9 Å². The van der Waals surface area contributed by atoms with Crippen molar-refractivity contribution in [3.63, 3.8) is 0 Å². The zero-order valence-electron chi connectivity index (χ0n) is 10.1. The Hall–Kier alpha value is -2.67. The number of pyridine rings is 1. The highest BCUT2D eigenvalue weighted by molar-refractivity contribution is 6.33. The minimum absolute atomic E-state index is 0.0781. The molecule has 0 bridgehead atoms. The molecule has 7 nitrogen and oxygen atoms in total. The monoisotopic (exact) mass is 295 g/mol. The van der Waals surface area contributed by atoms with Gasteiger partial charge >= 0.3 is 0 Å². The highest BCUT2D eigenvalue weighted by Gasteiger charge is 2.09. The second kappa shape index (κ2) is 7.05. The van der Waals surface area contributed by atoms with E-state index >= 15 is 0 Å². The number of carbonyl (C=O) groups excluding carboxylic acids is 1. The van der Waals surface area contributed by atoms with Gasteiger partial charge in [0.15, 0.2) is 12.4 Å². The van der Waals surface area contributed by atoms with Crippen molar-refractivity contribution >= 4 is 28.9 Å². The van der Waals surface area contributed by atoms with E-state index in [2.05, 4.69) is 4.98 Å². The van der Waals surface area contributed by atoms with Crippen LogP contribution in [0.3, 0.4) is 0 Å². The number of hydrogen-bond acceptors (Lipinski definition) is 5. The van der Waals surface area contributed by atoms with Crippen molar-refractivity contribution in [1.82, 2.24) is 0 Å². The van der Waals surface area contributed by atoms with Crippen LogP contribution in [-0.4, -0.2) is 10.9 Å². The number of benzene rings is 1. The molecule has 0 saturated carbocycles. The molecule has 0 radical (unpaired) electrons. The van der Waals surface area contributed by atoms with Crippen molar-refractivity contribution in [2.45, 2.75) is 0 Å². The van der Waals surface area contributed by atoms with E-state index in [1.807, 2.05) is 0 Å². The molecule has 0 aliphatic rings. The lowest BCUT2D eigenvalue weighted by atomic mass is 10.2. The Balaban J connectivity index is 0.000000240. The van der Waals surface area contributed by atoms with Gasteiger partial charge in [-0.15, -0.1) is 0 Å². The Bertz CT molecular complexity index is 619. The number of non-ortho nitro benzene ring substituents is 1. The van der Waals surface area contributed by atoms with Crippen LogP contribution in [0.25, 0.3) is 0 Å². The van der Waals surface area contributed by atoms with Crippen LogP contribution in [0.1, 0.15) is 10.4 Å². The number of nitro benzene ring substituents is 1. The van der Waals surface area contributed by atoms with Gasteiger partial charge in [0.25, 0.3) is 5.69 Å². The summed E-state index contributed by atoms with van der Waals surface area (Å²) in [4.78, 5) is 22.8. The lowest BCUT2D eigenvalue weighted by Crippen LogP contribution is -2.22. The van der Waals surface area contributed by atoms with Crippen molar-refractivity contribution < 1.29 is 19.8 Å². The van der Waals surface area contributed by atoms with Gasteiger partial charge in [-0.3, -0.25) is 10.1 Å². The molecule has 0 spiro atoms. The summed E-state index contributed by atoms with van der Waals surface area (Å²) in [6, 6.07) is 6.73. The van der Waals surface area contributed by atoms with Crippen LogP contribution in [0.2, 0.25) is 5.02 Å². The SMILES string of the molecule is Nc1cc[nH+]cc1.O=C([O-])c1cc([N+](=O)[O-])ccc1Cl. The molecule has 0 unspecified atom stereocenters. The van der Waals surface area contributed by atoms with Crippen molar-refractivity contribution in [2.24, 2.45) is 0 Å². The molecule has 2 rings (SSSR count). The molecular weight excluding hydrogens is 286 g/mol. The van der Waals surface area contributed by atoms with E-state index in [-0.39, 0.29) is 16.3 Å². The Morgan fingerprint density at radius 2 is 1.85 bits per heavy atom. The predicted molar refractivity (Wildman–Crippen MR) is 69.8 cm³/mol. The van der Waals surface area contributed by atoms with Gasteiger partial charge in [0.1, 0.15) is 0 Å². The van der Waals surface area contributed by atoms with Gasteiger partial charge in [-0.2, -0.15) is 0 Å². The molecular formula is C12H10ClN3O4. The summed E-state index contributed by atoms with van der Waals surface area (Å²) >= 11 is 5.45. The number of carboxylic acid groups (broad SMARTS) is 1. The molecule has 0 aliphatic carbocycles. The van der Waals surface area contributed by atoms with Crippen LogP contribution in [0.15, 0.2) is 42.7 Å². The second-order valence-corrected chi connectivity index (χ2v) is 3.95. The first-order chi connectivity index (χ1) is 9.41. The van der Waals surface area contributed by atoms with Gasteiger partial charge in [0, 0.05) is 35.5 Å². The molecule has 0 atom stereocenters. The number of nitro groups is 1. The molecule has 20 heavy (non-hydrogen) atoms. The molecule has 1 aromatic heterocycles. The van der Waals surface area contributed by atoms with Crippen LogP contribution in [0.4, 0.5) is 11.4 Å². The fourth-order valence-corrected chi connectivity index (χ4v) is 1.38. The van der Waals surface area contributed by atoms with Gasteiger partial charge < -0.3 is 15.6 Å². The average molecular weight is 296 g/mol. The maximum Gasteiger partial charge on any atom is 0.270 e. The van der Waals surface area contributed by atoms with E-state index in [1.165, 1.54) is 0 Å². The van der Waals surface area contributed by atoms with E-state index in [1.54, 1.807) is 24.5 Å². The number of halogens is 1. The quantitative estimate of drug-likeness (QED) is 0.645. The number of anilines is 1. The molecule has 8 heteroatoms. The number of aromatic nitrogens is 1. The molecule has 104 valence electrons. The number of hydrogen-bond donors (Lipinski definition) is 1. The minimum atomic E-state index is -1.53. The van der Waals surface area contributed by atoms with Gasteiger partial charge in [-0.25, -0.2) is 4.98 Å². The predicted octanol–water partition coefficient (Wildman–Crippen LogP) is 0.695. The third-order valence-corrected chi connectivity index (χ3v) is 2.45. The van der Waals surface area contributed by atoms with E-state index in [0.29, 0.717) is 0 Å². The lowest BCUT2D eigenvalue weighted by Gasteiger charge is -2.03. The Labute approximate surface area is 118 Å². The molecule has 2 aromatic rings. The number of nitrogens with zero attached hydrogens (tertiary/aromatic N) is 1. The van der Waals surface area contributed by atoms with Gasteiger partial charge in [-0.1, -0.05) is 11.6 Å². The maximum absolute atomic E-state index is 10.4. The zero-order chi connectivity index (χ0) is 15.1. The number of H-pyrrole nitrogens is 1. The zero-order valence-corrected chi connectivity index (χ0v) is 10.8. The maximum atomic E-state index is 10.4. The number of aromatic amines is 1. The first-order valence-corrected chi connectivity index (χ1v) is 5.66. The number of carbonyl (C=O) groups is 1. The highest BCUT2D eigenvalue weighted by Crippen LogP contribution is 2.21. The summed E-state index contributed by atoms with van der Waals surface area (Å²) in [6.07, 6.45) is 3.57. The summed E-state index contributed by atoms with van der Waals surface area (Å²) in [5.74, 6) is -1.53. The molecule has 0 fully saturated rings. The van der Waals surface area contributed by atoms with Crippen molar-refractivity contribution in [2.75, 3.05) is 5.73 Å². The fourth-order valence-electron chi connectivity index (χ4n) is 1.18. The average Bonchev–Trinajstić information content (AvgIpc) is 2.40. The first-order valence-electron chi connectivity index (χ1n) is 5.28. The molecule has 1 aromatic carbocycles. The number of nitrogens with two attached hydrogens (primary N) is 1. The number of nitrogens with one attached hydrogen (secondary N) is 1. The number of nitrogen functional groups attached to an aromatic ring is 1. The van der Waals surface area contributed by atoms with Crippen LogP contribution >= 0.6 is 11.6 Å². The van der Waals surface area contributed by atoms with Crippen LogP contribution < -0.4 is 15.8 Å². The van der Waals surface area contributed by atoms with Gasteiger partial charge in [0.05, 0.1) is 15.9 Å². The smallest absolute Gasteiger partial charge is 0.270 e. The third-order valence-electron chi connectivity index (χ3n) is 2.12. The number of aromatic carboxylic acids is 1. The topological polar surface area (TPSA) is 123 Å². The van der Waals surface area contributed by atoms with E-state index in [4.69, 9.17) is 17.3 Å². The number of rotatable bonds is 2. The fraction of sp³-hybridized carbons (Fsp3) is 0. The summed E-state index contributed by atoms with van der Waals surface area (Å²) in [5, 5.41) is 20.5. The standard InChI is InChI=1S/C7H4ClNO4.C5H6N2/c8-6-2-1-4(9(12)13)3-5(6)7(10)11;6-5-1-3-7-4-2-5/h1-3H,(H,10,11);1-4H,(H2,6,7). The van der Waals surface area contributed by atoms with Crippen LogP contribution in [-0.2, 0) is 0 Å². The van der Waals surface area contributed by atoms with Crippen molar-refractivity contribution in [3.05, 3.63) is 63.4 Å². The van der Waals surface area contributed by atoms with E-state index in [9.17, 15) is 20.0 Å². The summed E-state index contributed by atoms with van der Waals surface area (Å²) in [6.45, 7) is 0. The Morgan fingerprint density at radius 1 is 1.25 bits per heavy atom. The third kappa shape index (κ3) is 4.54. The Kier molecular flexibility index (Phi) is 5.42. The van der Waals surface area contributed by atoms with Gasteiger partial charge in [0.2, 0.25) is 0 Å². The Morgan fingerprint density at radius 3 is 2.25 bits per heavy atom. The first kappa shape index (κ1) is 15.4. The lowest BCUT2D eigenvalue weighted by molar-refractivity contribution is -0.385. The second-order valence-electron chi connectivity index (χ2n) is 3.54. The highest BCUT2D eigenvalue weighted by atomic mass is 35.5. The largest absolute Gasteiger partial charge is 0.545 e. The minimum Gasteiger partial charge on any atom is -0.545 e. The molecule has 1 heterocycles. The van der Waals surface area contributed by atoms with Gasteiger partial charge in [-0.05, 0) is 6.07 Å². The summed E-state index contributed by atoms with van der Waals surface area (Å²) in [7, 11) is 0. The van der Waals surface area contributed by atoms with E-state index in [0.717, 1.165) is 23.9 Å². The normalized spacial score (nSPS) is 9.25. The molecule has 0 amide bonds. The molecule has 0 aliphatic heterocycles. The number of carboxylic acids is 1. The van der Waals surface area contributed by atoms with Crippen LogP contribution in [0.5, 0.6) is 0 Å².